The van der Waals surface area contributed by atoms with E-state index in [1.165, 1.54) is 33.6 Å². The molecule has 0 fully saturated rings. The van der Waals surface area contributed by atoms with Gasteiger partial charge in [0.2, 0.25) is 12.1 Å². The summed E-state index contributed by atoms with van der Waals surface area (Å²) in [5, 5.41) is 0. The molecule has 0 saturated carbocycles. The minimum Gasteiger partial charge on any atom is -1.00 e. The van der Waals surface area contributed by atoms with Crippen molar-refractivity contribution in [1.29, 1.82) is 0 Å². The molecule has 4 bridgehead atoms. The van der Waals surface area contributed by atoms with Crippen LogP contribution in [0, 0.1) is 0 Å². The van der Waals surface area contributed by atoms with Crippen molar-refractivity contribution in [2.45, 2.75) is 23.9 Å². The summed E-state index contributed by atoms with van der Waals surface area (Å²) in [4.78, 5) is 0. The van der Waals surface area contributed by atoms with E-state index in [9.17, 15) is 0 Å². The summed E-state index contributed by atoms with van der Waals surface area (Å²) < 4.78 is 7.38. The molecule has 0 saturated heterocycles. The van der Waals surface area contributed by atoms with Crippen molar-refractivity contribution in [3.8, 4) is 0 Å². The second-order valence-electron chi connectivity index (χ2n) is 8.46. The van der Waals surface area contributed by atoms with Gasteiger partial charge in [-0.15, -0.1) is 0 Å². The average molecular weight is 678 g/mol. The maximum absolute atomic E-state index is 3.76. The Morgan fingerprint density at radius 2 is 0.969 bits per heavy atom. The molecule has 32 heavy (non-hydrogen) atoms. The minimum atomic E-state index is 0. The number of aromatic nitrogens is 2. The predicted molar refractivity (Wildman–Crippen MR) is 122 cm³/mol. The molecule has 2 aromatic heterocycles. The Hall–Kier alpha value is -1.34. The lowest BCUT2D eigenvalue weighted by atomic mass is 9.65. The highest BCUT2D eigenvalue weighted by molar-refractivity contribution is 9.10. The Kier molecular flexibility index (Phi) is 5.72. The standard InChI is InChI=1S/C26H18Br2N2.2BrH/c27-15-7-9-17-19(13-15)23-21-5-1-3-11-29(21)25(17)26-18-10-8-16(28)14-20(18)24(23)22-6-2-4-12-30(22)26;;/h1-14,23-26H;2*1H/q+2;;/p-2/t23-,24-,25-,26-;;/m0../s1. The Bertz CT molecular complexity index is 1260. The van der Waals surface area contributed by atoms with Crippen LogP contribution in [-0.4, -0.2) is 0 Å². The summed E-state index contributed by atoms with van der Waals surface area (Å²) in [6.07, 6.45) is 4.56. The van der Waals surface area contributed by atoms with Crippen LogP contribution in [0.4, 0.5) is 0 Å². The molecule has 2 nitrogen and oxygen atoms in total. The largest absolute Gasteiger partial charge is 1.00 e. The van der Waals surface area contributed by atoms with Crippen molar-refractivity contribution in [3.05, 3.63) is 128 Å². The molecule has 5 aliphatic heterocycles. The molecular formula is C26H18Br4N2. The summed E-state index contributed by atoms with van der Waals surface area (Å²) in [5.41, 5.74) is 8.61. The summed E-state index contributed by atoms with van der Waals surface area (Å²) in [6.45, 7) is 0. The van der Waals surface area contributed by atoms with Crippen molar-refractivity contribution in [2.24, 2.45) is 0 Å². The zero-order valence-corrected chi connectivity index (χ0v) is 23.1. The molecule has 160 valence electrons. The van der Waals surface area contributed by atoms with Gasteiger partial charge in [-0.2, -0.15) is 9.13 Å². The van der Waals surface area contributed by atoms with Crippen molar-refractivity contribution in [3.63, 3.8) is 0 Å². The highest BCUT2D eigenvalue weighted by Gasteiger charge is 2.58. The molecule has 4 atom stereocenters. The van der Waals surface area contributed by atoms with Gasteiger partial charge in [0.05, 0.1) is 11.8 Å². The highest BCUT2D eigenvalue weighted by Crippen LogP contribution is 2.55. The van der Waals surface area contributed by atoms with Gasteiger partial charge >= 0.3 is 0 Å². The quantitative estimate of drug-likeness (QED) is 0.224. The summed E-state index contributed by atoms with van der Waals surface area (Å²) >= 11 is 7.51. The van der Waals surface area contributed by atoms with E-state index in [0.717, 1.165) is 8.95 Å². The summed E-state index contributed by atoms with van der Waals surface area (Å²) in [6, 6.07) is 27.6. The van der Waals surface area contributed by atoms with Gasteiger partial charge in [0.15, 0.2) is 23.8 Å². The zero-order chi connectivity index (χ0) is 20.0. The molecule has 1 aliphatic carbocycles. The van der Waals surface area contributed by atoms with Gasteiger partial charge in [0, 0.05) is 44.3 Å². The lowest BCUT2D eigenvalue weighted by molar-refractivity contribution is -0.817. The zero-order valence-electron chi connectivity index (χ0n) is 16.8. The minimum absolute atomic E-state index is 0. The fraction of sp³-hybridized carbons (Fsp3) is 0.154. The third-order valence-corrected chi connectivity index (χ3v) is 8.11. The van der Waals surface area contributed by atoms with Crippen LogP contribution < -0.4 is 43.1 Å². The van der Waals surface area contributed by atoms with Gasteiger partial charge in [-0.1, -0.05) is 56.1 Å². The first-order valence-corrected chi connectivity index (χ1v) is 11.9. The maximum atomic E-state index is 3.76. The van der Waals surface area contributed by atoms with E-state index >= 15 is 0 Å². The summed E-state index contributed by atoms with van der Waals surface area (Å²) in [7, 11) is 0. The molecule has 6 aliphatic rings. The lowest BCUT2D eigenvalue weighted by Crippen LogP contribution is -3.00. The van der Waals surface area contributed by atoms with Crippen LogP contribution in [0.5, 0.6) is 0 Å². The van der Waals surface area contributed by atoms with Gasteiger partial charge in [-0.3, -0.25) is 0 Å². The van der Waals surface area contributed by atoms with E-state index in [0.29, 0.717) is 0 Å². The van der Waals surface area contributed by atoms with Gasteiger partial charge in [0.25, 0.3) is 0 Å². The second kappa shape index (κ2) is 8.15. The Labute approximate surface area is 225 Å². The van der Waals surface area contributed by atoms with Crippen molar-refractivity contribution >= 4 is 31.9 Å². The number of hydrogen-bond donors (Lipinski definition) is 0. The van der Waals surface area contributed by atoms with Crippen LogP contribution in [0.3, 0.4) is 0 Å². The molecule has 0 amide bonds. The molecule has 7 heterocycles. The lowest BCUT2D eigenvalue weighted by Gasteiger charge is -2.42. The number of halogens is 4. The Balaban J connectivity index is 0.00000108. The average Bonchev–Trinajstić information content (AvgIpc) is 2.75. The normalized spacial score (nSPS) is 22.8. The molecule has 6 heteroatoms. The van der Waals surface area contributed by atoms with E-state index in [4.69, 9.17) is 0 Å². The van der Waals surface area contributed by atoms with Crippen LogP contribution in [0.15, 0.2) is 94.1 Å². The van der Waals surface area contributed by atoms with Crippen LogP contribution in [0.25, 0.3) is 0 Å². The number of benzene rings is 2. The van der Waals surface area contributed by atoms with Crippen LogP contribution in [-0.2, 0) is 0 Å². The van der Waals surface area contributed by atoms with E-state index < -0.39 is 0 Å². The van der Waals surface area contributed by atoms with Crippen molar-refractivity contribution < 1.29 is 43.1 Å². The molecule has 4 aromatic rings. The first-order chi connectivity index (χ1) is 14.7. The van der Waals surface area contributed by atoms with Crippen LogP contribution in [0.1, 0.15) is 57.6 Å². The Morgan fingerprint density at radius 3 is 1.41 bits per heavy atom. The van der Waals surface area contributed by atoms with E-state index in [-0.39, 0.29) is 57.9 Å². The Morgan fingerprint density at radius 1 is 0.531 bits per heavy atom. The monoisotopic (exact) mass is 674 g/mol. The van der Waals surface area contributed by atoms with Crippen LogP contribution in [0.2, 0.25) is 0 Å². The topological polar surface area (TPSA) is 7.76 Å². The third kappa shape index (κ3) is 2.92. The molecule has 10 rings (SSSR count). The van der Waals surface area contributed by atoms with E-state index in [1.807, 2.05) is 0 Å². The first kappa shape index (κ1) is 22.5. The van der Waals surface area contributed by atoms with E-state index in [2.05, 4.69) is 126 Å². The molecule has 2 aromatic carbocycles. The molecule has 0 N–H and O–H groups in total. The fourth-order valence-corrected chi connectivity index (χ4v) is 6.86. The number of rotatable bonds is 0. The van der Waals surface area contributed by atoms with E-state index in [1.54, 1.807) is 0 Å². The van der Waals surface area contributed by atoms with Gasteiger partial charge in [-0.05, 0) is 35.4 Å². The fourth-order valence-electron chi connectivity index (χ4n) is 6.10. The number of nitrogens with zero attached hydrogens (tertiary/aromatic N) is 2. The van der Waals surface area contributed by atoms with Crippen molar-refractivity contribution in [1.82, 2.24) is 0 Å². The van der Waals surface area contributed by atoms with Crippen LogP contribution >= 0.6 is 31.9 Å². The van der Waals surface area contributed by atoms with Gasteiger partial charge in [-0.25, -0.2) is 0 Å². The smallest absolute Gasteiger partial charge is 0.249 e. The molecule has 0 radical (unpaired) electrons. The number of hydrogen-bond acceptors (Lipinski definition) is 0. The SMILES string of the molecule is Brc1ccc2c(c1)[C@H]1c3cccc[n+]3[C@@H]2[C@@H]2c3ccc(Br)cc3[C@H]1c1cccc[n+]12.[Br-].[Br-]. The van der Waals surface area contributed by atoms with Crippen molar-refractivity contribution in [2.75, 3.05) is 0 Å². The summed E-state index contributed by atoms with van der Waals surface area (Å²) in [5.74, 6) is 0.524. The molecular weight excluding hydrogens is 660 g/mol. The first-order valence-electron chi connectivity index (χ1n) is 10.3. The van der Waals surface area contributed by atoms with Gasteiger partial charge in [0.1, 0.15) is 0 Å². The molecule has 0 unspecified atom stereocenters. The second-order valence-corrected chi connectivity index (χ2v) is 10.3. The highest BCUT2D eigenvalue weighted by atomic mass is 79.9. The molecule has 0 spiro atoms. The number of pyridine rings is 2. The third-order valence-electron chi connectivity index (χ3n) is 7.12. The van der Waals surface area contributed by atoms with Gasteiger partial charge < -0.3 is 34.0 Å². The predicted octanol–water partition coefficient (Wildman–Crippen LogP) is -0.422. The maximum Gasteiger partial charge on any atom is 0.249 e.